The highest BCUT2D eigenvalue weighted by Crippen LogP contribution is 2.42. The fraction of sp³-hybridized carbons (Fsp3) is 0.889. The molecule has 0 N–H and O–H groups in total. The maximum Gasteiger partial charge on any atom is 0.306 e. The van der Waals surface area contributed by atoms with Crippen LogP contribution in [0, 0.1) is 11.8 Å². The van der Waals surface area contributed by atoms with Crippen LogP contribution in [0.5, 0.6) is 0 Å². The van der Waals surface area contributed by atoms with E-state index in [2.05, 4.69) is 55.4 Å². The van der Waals surface area contributed by atoms with Gasteiger partial charge >= 0.3 is 11.9 Å². The molecule has 0 radical (unpaired) electrons. The molecule has 2 saturated heterocycles. The summed E-state index contributed by atoms with van der Waals surface area (Å²) >= 11 is 0. The maximum absolute atomic E-state index is 12.9. The zero-order chi connectivity index (χ0) is 33.7. The van der Waals surface area contributed by atoms with Crippen molar-refractivity contribution in [2.24, 2.45) is 11.8 Å². The molecule has 0 saturated carbocycles. The highest BCUT2D eigenvalue weighted by Gasteiger charge is 2.50. The van der Waals surface area contributed by atoms with Gasteiger partial charge in [0.15, 0.2) is 0 Å². The van der Waals surface area contributed by atoms with Crippen LogP contribution in [0.1, 0.15) is 160 Å². The number of nitrogens with zero attached hydrogens (tertiary/aromatic N) is 2. The van der Waals surface area contributed by atoms with E-state index in [1.807, 2.05) is 37.5 Å². The van der Waals surface area contributed by atoms with Gasteiger partial charge in [0, 0.05) is 72.5 Å². The molecule has 0 unspecified atom stereocenters. The van der Waals surface area contributed by atoms with Crippen LogP contribution in [0.25, 0.3) is 0 Å². The second-order valence-electron chi connectivity index (χ2n) is 16.6. The van der Waals surface area contributed by atoms with Gasteiger partial charge < -0.3 is 19.3 Å². The minimum absolute atomic E-state index is 0.0708. The van der Waals surface area contributed by atoms with E-state index in [1.54, 1.807) is 0 Å². The van der Waals surface area contributed by atoms with E-state index < -0.39 is 0 Å². The summed E-state index contributed by atoms with van der Waals surface area (Å²) in [4.78, 5) is 55.1. The summed E-state index contributed by atoms with van der Waals surface area (Å²) in [5, 5.41) is 0. The lowest BCUT2D eigenvalue weighted by Crippen LogP contribution is -2.65. The Balaban J connectivity index is 1.64. The quantitative estimate of drug-likeness (QED) is 0.155. The lowest BCUT2D eigenvalue weighted by molar-refractivity contribution is -0.171. The van der Waals surface area contributed by atoms with Gasteiger partial charge in [0.05, 0.1) is 0 Å². The van der Waals surface area contributed by atoms with Crippen molar-refractivity contribution in [2.45, 2.75) is 194 Å². The number of carbonyl (C=O) groups is 4. The third-order valence-corrected chi connectivity index (χ3v) is 9.37. The molecule has 2 aliphatic heterocycles. The summed E-state index contributed by atoms with van der Waals surface area (Å²) in [7, 11) is 0. The molecule has 2 amide bonds. The first-order chi connectivity index (χ1) is 20.1. The van der Waals surface area contributed by atoms with Crippen LogP contribution in [0.3, 0.4) is 0 Å². The molecular weight excluding hydrogens is 556 g/mol. The van der Waals surface area contributed by atoms with Crippen LogP contribution in [-0.4, -0.2) is 67.9 Å². The third-order valence-electron chi connectivity index (χ3n) is 9.37. The Kier molecular flexibility index (Phi) is 13.0. The number of hydrogen-bond donors (Lipinski definition) is 0. The molecule has 0 aromatic heterocycles. The maximum atomic E-state index is 12.9. The highest BCUT2D eigenvalue weighted by molar-refractivity contribution is 5.80. The average molecular weight is 621 g/mol. The Morgan fingerprint density at radius 1 is 0.523 bits per heavy atom. The van der Waals surface area contributed by atoms with Crippen LogP contribution in [0.15, 0.2) is 0 Å². The summed E-state index contributed by atoms with van der Waals surface area (Å²) in [5.74, 6) is -0.160. The summed E-state index contributed by atoms with van der Waals surface area (Å²) < 4.78 is 11.8. The lowest BCUT2D eigenvalue weighted by atomic mass is 9.77. The molecule has 2 fully saturated rings. The fourth-order valence-electron chi connectivity index (χ4n) is 7.99. The van der Waals surface area contributed by atoms with E-state index in [4.69, 9.17) is 9.47 Å². The van der Waals surface area contributed by atoms with Gasteiger partial charge in [0.2, 0.25) is 11.8 Å². The molecule has 0 bridgehead atoms. The number of carbonyl (C=O) groups excluding carboxylic acids is 4. The fourth-order valence-corrected chi connectivity index (χ4v) is 7.99. The minimum Gasteiger partial charge on any atom is -0.462 e. The molecule has 2 rings (SSSR count). The Bertz CT molecular complexity index is 896. The molecule has 2 heterocycles. The van der Waals surface area contributed by atoms with Gasteiger partial charge in [-0.3, -0.25) is 19.2 Å². The Morgan fingerprint density at radius 3 is 1.02 bits per heavy atom. The number of ether oxygens (including phenoxy) is 2. The predicted molar refractivity (Wildman–Crippen MR) is 175 cm³/mol. The van der Waals surface area contributed by atoms with E-state index >= 15 is 0 Å². The van der Waals surface area contributed by atoms with Crippen LogP contribution < -0.4 is 0 Å². The smallest absolute Gasteiger partial charge is 0.306 e. The molecule has 0 atom stereocenters. The molecule has 44 heavy (non-hydrogen) atoms. The van der Waals surface area contributed by atoms with Crippen molar-refractivity contribution in [1.29, 1.82) is 0 Å². The van der Waals surface area contributed by atoms with Gasteiger partial charge in [-0.2, -0.15) is 0 Å². The first-order valence-corrected chi connectivity index (χ1v) is 17.2. The van der Waals surface area contributed by atoms with Crippen molar-refractivity contribution < 1.29 is 28.7 Å². The molecule has 0 aromatic carbocycles. The number of amides is 2. The van der Waals surface area contributed by atoms with E-state index in [0.29, 0.717) is 38.5 Å². The van der Waals surface area contributed by atoms with E-state index in [0.717, 1.165) is 38.5 Å². The van der Waals surface area contributed by atoms with Crippen LogP contribution in [0.2, 0.25) is 0 Å². The summed E-state index contributed by atoms with van der Waals surface area (Å²) in [5.41, 5.74) is -1.50. The average Bonchev–Trinajstić information content (AvgIpc) is 2.82. The summed E-state index contributed by atoms with van der Waals surface area (Å²) in [6.07, 6.45) is 8.57. The largest absolute Gasteiger partial charge is 0.462 e. The van der Waals surface area contributed by atoms with Gasteiger partial charge in [-0.15, -0.1) is 0 Å². The Labute approximate surface area is 268 Å². The van der Waals surface area contributed by atoms with Crippen molar-refractivity contribution >= 4 is 23.8 Å². The number of unbranched alkanes of at least 4 members (excludes halogenated alkanes) is 5. The number of piperidine rings is 2. The molecule has 0 spiro atoms. The van der Waals surface area contributed by atoms with Gasteiger partial charge in [-0.1, -0.05) is 53.4 Å². The Morgan fingerprint density at radius 2 is 0.773 bits per heavy atom. The molecular formula is C36H64N2O6. The van der Waals surface area contributed by atoms with Gasteiger partial charge in [0.25, 0.3) is 0 Å². The molecule has 8 heteroatoms. The predicted octanol–water partition coefficient (Wildman–Crippen LogP) is 7.60. The highest BCUT2D eigenvalue weighted by atomic mass is 16.5. The van der Waals surface area contributed by atoms with Crippen LogP contribution in [0.4, 0.5) is 0 Å². The first kappa shape index (κ1) is 38.1. The van der Waals surface area contributed by atoms with E-state index in [1.165, 1.54) is 0 Å². The third kappa shape index (κ3) is 10.2. The van der Waals surface area contributed by atoms with Crippen molar-refractivity contribution in [3.05, 3.63) is 0 Å². The van der Waals surface area contributed by atoms with Gasteiger partial charge in [0.1, 0.15) is 12.2 Å². The monoisotopic (exact) mass is 620 g/mol. The first-order valence-electron chi connectivity index (χ1n) is 17.2. The molecule has 254 valence electrons. The molecule has 8 nitrogen and oxygen atoms in total. The second-order valence-corrected chi connectivity index (χ2v) is 16.6. The zero-order valence-electron chi connectivity index (χ0n) is 30.1. The molecule has 0 aromatic rings. The minimum atomic E-state index is -0.376. The molecule has 2 aliphatic rings. The number of esters is 2. The van der Waals surface area contributed by atoms with Crippen molar-refractivity contribution in [3.8, 4) is 0 Å². The topological polar surface area (TPSA) is 93.2 Å². The van der Waals surface area contributed by atoms with Crippen LogP contribution >= 0.6 is 0 Å². The van der Waals surface area contributed by atoms with Gasteiger partial charge in [-0.05, 0) is 68.2 Å². The van der Waals surface area contributed by atoms with Crippen molar-refractivity contribution in [2.75, 3.05) is 0 Å². The summed E-state index contributed by atoms with van der Waals surface area (Å²) in [6.45, 7) is 24.3. The van der Waals surface area contributed by atoms with Gasteiger partial charge in [-0.25, -0.2) is 0 Å². The van der Waals surface area contributed by atoms with Crippen LogP contribution in [-0.2, 0) is 28.7 Å². The van der Waals surface area contributed by atoms with E-state index in [9.17, 15) is 19.2 Å². The van der Waals surface area contributed by atoms with E-state index in [-0.39, 0.29) is 70.0 Å². The van der Waals surface area contributed by atoms with Crippen molar-refractivity contribution in [3.63, 3.8) is 0 Å². The normalized spacial score (nSPS) is 21.4. The lowest BCUT2D eigenvalue weighted by Gasteiger charge is -2.55. The standard InChI is InChI=1S/C36H64N2O6/c1-25(2)31(41)37-33(5,6)21-27(22-34(37,7)8)43-29(39)19-17-15-13-14-16-18-20-30(40)44-28-23-35(9,10)38(32(42)26(3)4)36(11,12)24-28/h25-28H,13-24H2,1-12H3. The zero-order valence-corrected chi connectivity index (χ0v) is 30.1. The number of likely N-dealkylation sites (tertiary alicyclic amines) is 2. The Hall–Kier alpha value is -2.12. The number of rotatable bonds is 13. The summed E-state index contributed by atoms with van der Waals surface area (Å²) in [6, 6.07) is 0. The number of hydrogen-bond acceptors (Lipinski definition) is 6. The molecule has 0 aliphatic carbocycles. The SMILES string of the molecule is CC(C)C(=O)N1C(C)(C)CC(OC(=O)CCCCCCCCC(=O)OC2CC(C)(C)N(C(=O)C(C)C)C(C)(C)C2)CC1(C)C. The van der Waals surface area contributed by atoms with Crippen molar-refractivity contribution in [1.82, 2.24) is 9.80 Å². The second kappa shape index (κ2) is 15.0.